The first-order valence-corrected chi connectivity index (χ1v) is 3.86. The van der Waals surface area contributed by atoms with E-state index in [9.17, 15) is 0 Å². The average molecular weight is 187 g/mol. The Hall–Kier alpha value is 0.986. The zero-order valence-corrected chi connectivity index (χ0v) is 8.36. The molecule has 8 heavy (non-hydrogen) atoms. The van der Waals surface area contributed by atoms with Crippen molar-refractivity contribution in [3.05, 3.63) is 12.2 Å². The number of hydrogen-bond donors (Lipinski definition) is 0. The van der Waals surface area contributed by atoms with Crippen molar-refractivity contribution in [3.8, 4) is 0 Å². The minimum absolute atomic E-state index is 0. The van der Waals surface area contributed by atoms with Gasteiger partial charge in [-0.25, -0.2) is 0 Å². The number of rotatable bonds is 3. The van der Waals surface area contributed by atoms with Crippen molar-refractivity contribution in [1.82, 2.24) is 0 Å². The fraction of sp³-hybridized carbons (Fsp3) is 0.667. The maximum absolute atomic E-state index is 2.24. The van der Waals surface area contributed by atoms with Crippen LogP contribution in [0.5, 0.6) is 0 Å². The number of halogens is 1. The summed E-state index contributed by atoms with van der Waals surface area (Å²) in [4.78, 5) is 0. The summed E-state index contributed by atoms with van der Waals surface area (Å²) in [6, 6.07) is 0. The van der Waals surface area contributed by atoms with Crippen LogP contribution >= 0.6 is 0 Å². The van der Waals surface area contributed by atoms with E-state index in [4.69, 9.17) is 0 Å². The molecule has 0 nitrogen and oxygen atoms in total. The van der Waals surface area contributed by atoms with Gasteiger partial charge in [-0.05, 0) is 0 Å². The molecule has 2 heteroatoms. The molecule has 0 saturated heterocycles. The van der Waals surface area contributed by atoms with Gasteiger partial charge in [0.2, 0.25) is 0 Å². The van der Waals surface area contributed by atoms with Gasteiger partial charge in [0.1, 0.15) is 0 Å². The molecule has 0 amide bonds. The molecule has 0 aliphatic rings. The van der Waals surface area contributed by atoms with E-state index in [2.05, 4.69) is 19.1 Å². The fourth-order valence-electron chi connectivity index (χ4n) is 0.402. The van der Waals surface area contributed by atoms with Crippen molar-refractivity contribution >= 4 is 21.7 Å². The molecule has 0 unspecified atom stereocenters. The molecule has 0 heterocycles. The SMILES string of the molecule is CC/C=C/C[CH2][Mg+].[Br-]. The van der Waals surface area contributed by atoms with E-state index in [1.54, 1.807) is 0 Å². The molecule has 0 bridgehead atoms. The smallest absolute Gasteiger partial charge is 1.00 e. The van der Waals surface area contributed by atoms with Gasteiger partial charge in [0, 0.05) is 0 Å². The van der Waals surface area contributed by atoms with Crippen molar-refractivity contribution in [2.45, 2.75) is 24.3 Å². The summed E-state index contributed by atoms with van der Waals surface area (Å²) in [5.74, 6) is 0. The van der Waals surface area contributed by atoms with Crippen LogP contribution in [0.1, 0.15) is 19.8 Å². The van der Waals surface area contributed by atoms with Crippen molar-refractivity contribution in [3.63, 3.8) is 0 Å². The summed E-state index contributed by atoms with van der Waals surface area (Å²) >= 11 is 2.03. The molecule has 0 aromatic heterocycles. The van der Waals surface area contributed by atoms with Gasteiger partial charge in [-0.2, -0.15) is 0 Å². The molecular weight excluding hydrogens is 176 g/mol. The minimum atomic E-state index is 0. The monoisotopic (exact) mass is 186 g/mol. The van der Waals surface area contributed by atoms with E-state index >= 15 is 0 Å². The minimum Gasteiger partial charge on any atom is -1.00 e. The molecule has 0 aliphatic heterocycles. The zero-order valence-electron chi connectivity index (χ0n) is 5.36. The topological polar surface area (TPSA) is 0 Å². The molecule has 0 rings (SSSR count). The molecule has 0 aliphatic carbocycles. The van der Waals surface area contributed by atoms with Crippen LogP contribution in [-0.2, 0) is 0 Å². The summed E-state index contributed by atoms with van der Waals surface area (Å²) in [5, 5.41) is 0. The van der Waals surface area contributed by atoms with Gasteiger partial charge in [0.05, 0.1) is 0 Å². The second-order valence-corrected chi connectivity index (χ2v) is 2.23. The molecule has 0 N–H and O–H groups in total. The summed E-state index contributed by atoms with van der Waals surface area (Å²) < 4.78 is 1.30. The standard InChI is InChI=1S/C6H11.BrH.Mg/c1-3-5-6-4-2;;/h5-6H,1,3-4H2,2H3;1H;/q;;+1/p-1/b6-5+;;. The van der Waals surface area contributed by atoms with E-state index in [0.29, 0.717) is 0 Å². The van der Waals surface area contributed by atoms with E-state index in [-0.39, 0.29) is 17.0 Å². The summed E-state index contributed by atoms with van der Waals surface area (Å²) in [6.07, 6.45) is 6.90. The van der Waals surface area contributed by atoms with Crippen molar-refractivity contribution in [1.29, 1.82) is 0 Å². The van der Waals surface area contributed by atoms with E-state index in [1.807, 2.05) is 21.7 Å². The first kappa shape index (κ1) is 11.7. The first-order valence-electron chi connectivity index (χ1n) is 2.86. The maximum atomic E-state index is 2.24. The van der Waals surface area contributed by atoms with Gasteiger partial charge in [-0.1, -0.05) is 0 Å². The van der Waals surface area contributed by atoms with E-state index in [0.717, 1.165) is 0 Å². The fourth-order valence-corrected chi connectivity index (χ4v) is 0.638. The third-order valence-corrected chi connectivity index (χ3v) is 1.18. The van der Waals surface area contributed by atoms with Crippen molar-refractivity contribution in [2.24, 2.45) is 0 Å². The van der Waals surface area contributed by atoms with Gasteiger partial charge in [-0.15, -0.1) is 0 Å². The average Bonchev–Trinajstić information content (AvgIpc) is 1.69. The largest absolute Gasteiger partial charge is 1.00 e. The van der Waals surface area contributed by atoms with Crippen LogP contribution in [0.3, 0.4) is 0 Å². The predicted octanol–water partition coefficient (Wildman–Crippen LogP) is -1.07. The zero-order chi connectivity index (χ0) is 5.54. The van der Waals surface area contributed by atoms with Crippen LogP contribution in [0.2, 0.25) is 4.55 Å². The van der Waals surface area contributed by atoms with Gasteiger partial charge >= 0.3 is 58.2 Å². The molecule has 0 aromatic rings. The second kappa shape index (κ2) is 10.9. The Bertz CT molecular complexity index is 52.5. The summed E-state index contributed by atoms with van der Waals surface area (Å²) in [6.45, 7) is 2.16. The second-order valence-electron chi connectivity index (χ2n) is 1.52. The molecule has 0 aromatic carbocycles. The van der Waals surface area contributed by atoms with Crippen LogP contribution in [0.25, 0.3) is 0 Å². The van der Waals surface area contributed by atoms with Crippen LogP contribution in [0.15, 0.2) is 12.2 Å². The molecule has 0 fully saturated rings. The van der Waals surface area contributed by atoms with Gasteiger partial charge in [-0.3, -0.25) is 0 Å². The quantitative estimate of drug-likeness (QED) is 0.390. The van der Waals surface area contributed by atoms with Gasteiger partial charge in [0.25, 0.3) is 0 Å². The molecular formula is C6H11BrMg. The molecule has 0 atom stereocenters. The van der Waals surface area contributed by atoms with Crippen LogP contribution in [-0.4, -0.2) is 21.7 Å². The maximum Gasteiger partial charge on any atom is -1.00 e. The Kier molecular flexibility index (Phi) is 16.0. The Balaban J connectivity index is 0. The molecule has 0 spiro atoms. The van der Waals surface area contributed by atoms with Gasteiger partial charge < -0.3 is 17.0 Å². The van der Waals surface area contributed by atoms with E-state index in [1.165, 1.54) is 17.4 Å². The predicted molar refractivity (Wildman–Crippen MR) is 34.6 cm³/mol. The normalized spacial score (nSPS) is 9.38. The Morgan fingerprint density at radius 2 is 2.00 bits per heavy atom. The third kappa shape index (κ3) is 10.1. The Labute approximate surface area is 74.9 Å². The summed E-state index contributed by atoms with van der Waals surface area (Å²) in [5.41, 5.74) is 0. The third-order valence-electron chi connectivity index (χ3n) is 0.773. The van der Waals surface area contributed by atoms with Crippen LogP contribution in [0.4, 0.5) is 0 Å². The van der Waals surface area contributed by atoms with Crippen LogP contribution in [0, 0.1) is 0 Å². The van der Waals surface area contributed by atoms with E-state index < -0.39 is 0 Å². The number of allylic oxidation sites excluding steroid dienone is 2. The van der Waals surface area contributed by atoms with Crippen molar-refractivity contribution in [2.75, 3.05) is 0 Å². The summed E-state index contributed by atoms with van der Waals surface area (Å²) in [7, 11) is 0. The van der Waals surface area contributed by atoms with Crippen molar-refractivity contribution < 1.29 is 17.0 Å². The first-order chi connectivity index (χ1) is 3.41. The number of hydrogen-bond acceptors (Lipinski definition) is 0. The van der Waals surface area contributed by atoms with Crippen LogP contribution < -0.4 is 17.0 Å². The molecule has 0 radical (unpaired) electrons. The Morgan fingerprint density at radius 1 is 1.38 bits per heavy atom. The molecule has 0 saturated carbocycles. The van der Waals surface area contributed by atoms with Gasteiger partial charge in [0.15, 0.2) is 0 Å². The Morgan fingerprint density at radius 3 is 2.38 bits per heavy atom. The molecule has 44 valence electrons.